The first-order valence-corrected chi connectivity index (χ1v) is 7.55. The van der Waals surface area contributed by atoms with Crippen LogP contribution in [0.4, 0.5) is 10.3 Å². The molecule has 0 spiro atoms. The van der Waals surface area contributed by atoms with Crippen LogP contribution in [0.25, 0.3) is 11.4 Å². The third kappa shape index (κ3) is 3.65. The number of hydrogen-bond acceptors (Lipinski definition) is 3. The van der Waals surface area contributed by atoms with Crippen LogP contribution in [0.3, 0.4) is 0 Å². The monoisotopic (exact) mass is 324 g/mol. The molecule has 1 amide bonds. The Morgan fingerprint density at radius 1 is 1.12 bits per heavy atom. The molecule has 6 heteroatoms. The van der Waals surface area contributed by atoms with Crippen LogP contribution in [0.1, 0.15) is 16.7 Å². The number of benzene rings is 2. The molecule has 24 heavy (non-hydrogen) atoms. The zero-order chi connectivity index (χ0) is 17.1. The summed E-state index contributed by atoms with van der Waals surface area (Å²) >= 11 is 0. The van der Waals surface area contributed by atoms with Crippen molar-refractivity contribution in [2.24, 2.45) is 0 Å². The Labute approximate surface area is 138 Å². The summed E-state index contributed by atoms with van der Waals surface area (Å²) < 4.78 is 12.9. The summed E-state index contributed by atoms with van der Waals surface area (Å²) in [6.07, 6.45) is 0.252. The summed E-state index contributed by atoms with van der Waals surface area (Å²) in [5.74, 6) is 0.155. The van der Waals surface area contributed by atoms with E-state index in [1.807, 2.05) is 32.0 Å². The van der Waals surface area contributed by atoms with E-state index in [1.165, 1.54) is 17.7 Å². The van der Waals surface area contributed by atoms with Crippen molar-refractivity contribution in [1.29, 1.82) is 0 Å². The van der Waals surface area contributed by atoms with E-state index in [1.54, 1.807) is 12.1 Å². The second-order valence-electron chi connectivity index (χ2n) is 5.66. The van der Waals surface area contributed by atoms with Gasteiger partial charge in [0.2, 0.25) is 11.9 Å². The summed E-state index contributed by atoms with van der Waals surface area (Å²) in [4.78, 5) is 16.3. The molecule has 0 aliphatic rings. The molecule has 0 saturated carbocycles. The summed E-state index contributed by atoms with van der Waals surface area (Å²) in [7, 11) is 0. The van der Waals surface area contributed by atoms with Crippen molar-refractivity contribution in [2.75, 3.05) is 5.32 Å². The van der Waals surface area contributed by atoms with Crippen LogP contribution >= 0.6 is 0 Å². The fourth-order valence-electron chi connectivity index (χ4n) is 2.32. The summed E-state index contributed by atoms with van der Waals surface area (Å²) in [5, 5.41) is 9.36. The van der Waals surface area contributed by atoms with Gasteiger partial charge < -0.3 is 0 Å². The first kappa shape index (κ1) is 15.9. The standard InChI is InChI=1S/C18H17FN4O/c1-11-3-4-13(9-12(11)2)10-16(24)20-18-21-17(22-23-18)14-5-7-15(19)8-6-14/h3-9H,10H2,1-2H3,(H2,20,21,22,23,24). The van der Waals surface area contributed by atoms with Crippen molar-refractivity contribution >= 4 is 11.9 Å². The molecular formula is C18H17FN4O. The molecule has 3 aromatic rings. The Hall–Kier alpha value is -3.02. The van der Waals surface area contributed by atoms with E-state index >= 15 is 0 Å². The summed E-state index contributed by atoms with van der Waals surface area (Å²) in [6, 6.07) is 11.8. The maximum atomic E-state index is 12.9. The molecule has 0 aliphatic carbocycles. The quantitative estimate of drug-likeness (QED) is 0.772. The third-order valence-electron chi connectivity index (χ3n) is 3.79. The molecular weight excluding hydrogens is 307 g/mol. The van der Waals surface area contributed by atoms with Gasteiger partial charge in [0.1, 0.15) is 5.82 Å². The fraction of sp³-hybridized carbons (Fsp3) is 0.167. The Kier molecular flexibility index (Phi) is 4.37. The SMILES string of the molecule is Cc1ccc(CC(=O)Nc2n[nH]c(-c3ccc(F)cc3)n2)cc1C. The minimum absolute atomic E-state index is 0.192. The maximum absolute atomic E-state index is 12.9. The highest BCUT2D eigenvalue weighted by molar-refractivity contribution is 5.90. The minimum Gasteiger partial charge on any atom is -0.293 e. The predicted octanol–water partition coefficient (Wildman–Crippen LogP) is 3.41. The van der Waals surface area contributed by atoms with Crippen LogP contribution in [-0.4, -0.2) is 21.1 Å². The lowest BCUT2D eigenvalue weighted by atomic mass is 10.0. The smallest absolute Gasteiger partial charge is 0.249 e. The molecule has 0 unspecified atom stereocenters. The lowest BCUT2D eigenvalue weighted by Gasteiger charge is -2.05. The highest BCUT2D eigenvalue weighted by Crippen LogP contribution is 2.16. The van der Waals surface area contributed by atoms with E-state index in [2.05, 4.69) is 20.5 Å². The van der Waals surface area contributed by atoms with E-state index < -0.39 is 0 Å². The first-order valence-electron chi connectivity index (χ1n) is 7.55. The van der Waals surface area contributed by atoms with Gasteiger partial charge in [0.15, 0.2) is 5.82 Å². The molecule has 0 fully saturated rings. The van der Waals surface area contributed by atoms with Crippen LogP contribution in [-0.2, 0) is 11.2 Å². The van der Waals surface area contributed by atoms with Gasteiger partial charge in [-0.05, 0) is 54.8 Å². The van der Waals surface area contributed by atoms with Gasteiger partial charge in [0, 0.05) is 5.56 Å². The van der Waals surface area contributed by atoms with E-state index in [0.29, 0.717) is 11.4 Å². The number of carbonyl (C=O) groups excluding carboxylic acids is 1. The van der Waals surface area contributed by atoms with Crippen LogP contribution in [0.2, 0.25) is 0 Å². The Bertz CT molecular complexity index is 871. The second kappa shape index (κ2) is 6.62. The van der Waals surface area contributed by atoms with Gasteiger partial charge in [-0.25, -0.2) is 4.39 Å². The number of hydrogen-bond donors (Lipinski definition) is 2. The number of H-pyrrole nitrogens is 1. The highest BCUT2D eigenvalue weighted by Gasteiger charge is 2.10. The molecule has 122 valence electrons. The number of nitrogens with one attached hydrogen (secondary N) is 2. The van der Waals surface area contributed by atoms with Crippen LogP contribution < -0.4 is 5.32 Å². The van der Waals surface area contributed by atoms with Gasteiger partial charge in [-0.3, -0.25) is 15.2 Å². The van der Waals surface area contributed by atoms with Gasteiger partial charge in [0.25, 0.3) is 0 Å². The molecule has 0 saturated heterocycles. The van der Waals surface area contributed by atoms with E-state index in [9.17, 15) is 9.18 Å². The number of aryl methyl sites for hydroxylation is 2. The average Bonchev–Trinajstić information content (AvgIpc) is 3.00. The number of carbonyl (C=O) groups is 1. The number of aromatic nitrogens is 3. The summed E-state index contributed by atoms with van der Waals surface area (Å²) in [5.41, 5.74) is 3.97. The fourth-order valence-corrected chi connectivity index (χ4v) is 2.32. The molecule has 5 nitrogen and oxygen atoms in total. The average molecular weight is 324 g/mol. The Morgan fingerprint density at radius 2 is 1.88 bits per heavy atom. The van der Waals surface area contributed by atoms with E-state index in [0.717, 1.165) is 11.1 Å². The van der Waals surface area contributed by atoms with Crippen LogP contribution in [0, 0.1) is 19.7 Å². The minimum atomic E-state index is -0.319. The zero-order valence-corrected chi connectivity index (χ0v) is 13.4. The van der Waals surface area contributed by atoms with Crippen molar-refractivity contribution in [3.63, 3.8) is 0 Å². The zero-order valence-electron chi connectivity index (χ0n) is 13.4. The normalized spacial score (nSPS) is 10.6. The van der Waals surface area contributed by atoms with Crippen LogP contribution in [0.15, 0.2) is 42.5 Å². The van der Waals surface area contributed by atoms with Crippen molar-refractivity contribution in [2.45, 2.75) is 20.3 Å². The number of aromatic amines is 1. The number of nitrogens with zero attached hydrogens (tertiary/aromatic N) is 2. The topological polar surface area (TPSA) is 70.7 Å². The van der Waals surface area contributed by atoms with Gasteiger partial charge in [0.05, 0.1) is 6.42 Å². The van der Waals surface area contributed by atoms with Crippen molar-refractivity contribution in [3.05, 3.63) is 65.0 Å². The Balaban J connectivity index is 1.66. The lowest BCUT2D eigenvalue weighted by molar-refractivity contribution is -0.115. The van der Waals surface area contributed by atoms with Crippen molar-refractivity contribution in [1.82, 2.24) is 15.2 Å². The predicted molar refractivity (Wildman–Crippen MR) is 90.0 cm³/mol. The van der Waals surface area contributed by atoms with Gasteiger partial charge in [-0.1, -0.05) is 18.2 Å². The number of anilines is 1. The molecule has 3 rings (SSSR count). The molecule has 2 N–H and O–H groups in total. The number of rotatable bonds is 4. The van der Waals surface area contributed by atoms with Crippen molar-refractivity contribution < 1.29 is 9.18 Å². The van der Waals surface area contributed by atoms with Crippen molar-refractivity contribution in [3.8, 4) is 11.4 Å². The van der Waals surface area contributed by atoms with Gasteiger partial charge >= 0.3 is 0 Å². The largest absolute Gasteiger partial charge is 0.293 e. The molecule has 0 atom stereocenters. The molecule has 1 aromatic heterocycles. The molecule has 0 aliphatic heterocycles. The number of amides is 1. The summed E-state index contributed by atoms with van der Waals surface area (Å²) in [6.45, 7) is 4.05. The molecule has 2 aromatic carbocycles. The molecule has 0 radical (unpaired) electrons. The molecule has 1 heterocycles. The lowest BCUT2D eigenvalue weighted by Crippen LogP contribution is -2.15. The van der Waals surface area contributed by atoms with Gasteiger partial charge in [-0.2, -0.15) is 4.98 Å². The maximum Gasteiger partial charge on any atom is 0.249 e. The van der Waals surface area contributed by atoms with E-state index in [-0.39, 0.29) is 24.1 Å². The molecule has 0 bridgehead atoms. The number of halogens is 1. The Morgan fingerprint density at radius 3 is 2.58 bits per heavy atom. The first-order chi connectivity index (χ1) is 11.5. The highest BCUT2D eigenvalue weighted by atomic mass is 19.1. The van der Waals surface area contributed by atoms with Gasteiger partial charge in [-0.15, -0.1) is 5.10 Å². The second-order valence-corrected chi connectivity index (χ2v) is 5.66. The van der Waals surface area contributed by atoms with Crippen LogP contribution in [0.5, 0.6) is 0 Å². The van der Waals surface area contributed by atoms with E-state index in [4.69, 9.17) is 0 Å². The third-order valence-corrected chi connectivity index (χ3v) is 3.79.